The third-order valence-corrected chi connectivity index (χ3v) is 1.23. The average molecular weight is 200 g/mol. The van der Waals surface area contributed by atoms with E-state index in [1.165, 1.54) is 6.08 Å². The molecule has 0 aliphatic rings. The normalized spacial score (nSPS) is 8.43. The summed E-state index contributed by atoms with van der Waals surface area (Å²) in [7, 11) is 2.32. The second-order valence-corrected chi connectivity index (χ2v) is 2.14. The minimum Gasteiger partial charge on any atom is -0.496 e. The lowest BCUT2D eigenvalue weighted by molar-refractivity contribution is -0.144. The maximum absolute atomic E-state index is 11.0. The summed E-state index contributed by atoms with van der Waals surface area (Å²) in [6, 6.07) is 0. The standard InChI is InChI=1S/C9H12O5/c1-4-5-14-6-7(8(10)12-2)9(11)13-3/h4,6H,1,5H2,2-3H3. The number of carbonyl (C=O) groups is 2. The number of ether oxygens (including phenoxy) is 3. The Kier molecular flexibility index (Phi) is 5.85. The summed E-state index contributed by atoms with van der Waals surface area (Å²) in [6.07, 6.45) is 2.46. The Hall–Kier alpha value is -1.78. The third-order valence-electron chi connectivity index (χ3n) is 1.23. The first-order valence-electron chi connectivity index (χ1n) is 3.76. The van der Waals surface area contributed by atoms with Gasteiger partial charge in [-0.1, -0.05) is 12.7 Å². The van der Waals surface area contributed by atoms with Gasteiger partial charge in [-0.05, 0) is 0 Å². The molecular weight excluding hydrogens is 188 g/mol. The smallest absolute Gasteiger partial charge is 0.348 e. The van der Waals surface area contributed by atoms with Crippen LogP contribution in [0.15, 0.2) is 24.5 Å². The summed E-state index contributed by atoms with van der Waals surface area (Å²) in [5.41, 5.74) is -0.295. The van der Waals surface area contributed by atoms with Crippen LogP contribution in [0.5, 0.6) is 0 Å². The molecule has 0 aromatic heterocycles. The second kappa shape index (κ2) is 6.71. The Labute approximate surface area is 81.9 Å². The molecule has 0 aliphatic heterocycles. The highest BCUT2D eigenvalue weighted by Gasteiger charge is 2.20. The Bertz CT molecular complexity index is 236. The Morgan fingerprint density at radius 2 is 1.71 bits per heavy atom. The monoisotopic (exact) mass is 200 g/mol. The van der Waals surface area contributed by atoms with Gasteiger partial charge >= 0.3 is 11.9 Å². The molecule has 0 amide bonds. The van der Waals surface area contributed by atoms with Crippen LogP contribution in [0.2, 0.25) is 0 Å². The fourth-order valence-electron chi connectivity index (χ4n) is 0.599. The molecule has 5 heteroatoms. The number of hydrogen-bond acceptors (Lipinski definition) is 5. The van der Waals surface area contributed by atoms with Crippen LogP contribution in [-0.4, -0.2) is 32.8 Å². The number of esters is 2. The van der Waals surface area contributed by atoms with Gasteiger partial charge < -0.3 is 14.2 Å². The van der Waals surface area contributed by atoms with Crippen molar-refractivity contribution in [1.29, 1.82) is 0 Å². The minimum absolute atomic E-state index is 0.192. The fourth-order valence-corrected chi connectivity index (χ4v) is 0.599. The van der Waals surface area contributed by atoms with Gasteiger partial charge in [0.25, 0.3) is 0 Å². The van der Waals surface area contributed by atoms with Crippen molar-refractivity contribution >= 4 is 11.9 Å². The topological polar surface area (TPSA) is 61.8 Å². The lowest BCUT2D eigenvalue weighted by atomic mass is 10.3. The van der Waals surface area contributed by atoms with Gasteiger partial charge in [-0.25, -0.2) is 9.59 Å². The number of methoxy groups -OCH3 is 2. The Morgan fingerprint density at radius 1 is 1.21 bits per heavy atom. The van der Waals surface area contributed by atoms with E-state index >= 15 is 0 Å². The molecule has 0 unspecified atom stereocenters. The van der Waals surface area contributed by atoms with Crippen molar-refractivity contribution in [3.63, 3.8) is 0 Å². The molecule has 0 saturated heterocycles. The molecule has 0 bridgehead atoms. The van der Waals surface area contributed by atoms with Gasteiger partial charge in [0, 0.05) is 0 Å². The SMILES string of the molecule is C=CCOC=C(C(=O)OC)C(=O)OC. The molecule has 0 atom stereocenters. The molecule has 0 radical (unpaired) electrons. The molecular formula is C9H12O5. The molecule has 5 nitrogen and oxygen atoms in total. The van der Waals surface area contributed by atoms with E-state index in [1.54, 1.807) is 0 Å². The van der Waals surface area contributed by atoms with E-state index in [2.05, 4.69) is 16.1 Å². The summed E-state index contributed by atoms with van der Waals surface area (Å²) >= 11 is 0. The fraction of sp³-hybridized carbons (Fsp3) is 0.333. The molecule has 0 aromatic rings. The van der Waals surface area contributed by atoms with Gasteiger partial charge in [-0.15, -0.1) is 0 Å². The van der Waals surface area contributed by atoms with Crippen molar-refractivity contribution in [1.82, 2.24) is 0 Å². The zero-order valence-electron chi connectivity index (χ0n) is 8.11. The first-order valence-corrected chi connectivity index (χ1v) is 3.76. The van der Waals surface area contributed by atoms with Gasteiger partial charge in [0.15, 0.2) is 5.57 Å². The summed E-state index contributed by atoms with van der Waals surface area (Å²) in [4.78, 5) is 22.0. The predicted octanol–water partition coefficient (Wildman–Crippen LogP) is 0.419. The van der Waals surface area contributed by atoms with Crippen molar-refractivity contribution < 1.29 is 23.8 Å². The van der Waals surface area contributed by atoms with E-state index in [-0.39, 0.29) is 12.2 Å². The molecule has 0 rings (SSSR count). The van der Waals surface area contributed by atoms with Crippen LogP contribution in [-0.2, 0) is 23.8 Å². The molecule has 14 heavy (non-hydrogen) atoms. The third kappa shape index (κ3) is 3.75. The molecule has 0 N–H and O–H groups in total. The summed E-state index contributed by atoms with van der Waals surface area (Å²) in [5.74, 6) is -1.61. The maximum atomic E-state index is 11.0. The van der Waals surface area contributed by atoms with Gasteiger partial charge in [-0.3, -0.25) is 0 Å². The molecule has 0 heterocycles. The van der Waals surface area contributed by atoms with E-state index in [4.69, 9.17) is 4.74 Å². The molecule has 78 valence electrons. The summed E-state index contributed by atoms with van der Waals surface area (Å²) < 4.78 is 13.5. The molecule has 0 aliphatic carbocycles. The summed E-state index contributed by atoms with van der Waals surface area (Å²) in [6.45, 7) is 3.59. The van der Waals surface area contributed by atoms with Crippen molar-refractivity contribution in [2.75, 3.05) is 20.8 Å². The molecule has 0 saturated carbocycles. The first kappa shape index (κ1) is 12.2. The van der Waals surface area contributed by atoms with Crippen LogP contribution in [0.3, 0.4) is 0 Å². The Balaban J connectivity index is 4.53. The van der Waals surface area contributed by atoms with Crippen LogP contribution in [0, 0.1) is 0 Å². The summed E-state index contributed by atoms with van der Waals surface area (Å²) in [5, 5.41) is 0. The van der Waals surface area contributed by atoms with Gasteiger partial charge in [0.1, 0.15) is 12.9 Å². The van der Waals surface area contributed by atoms with Gasteiger partial charge in [0.2, 0.25) is 0 Å². The maximum Gasteiger partial charge on any atom is 0.348 e. The molecule has 0 fully saturated rings. The van der Waals surface area contributed by atoms with Crippen molar-refractivity contribution in [2.24, 2.45) is 0 Å². The van der Waals surface area contributed by atoms with Crippen LogP contribution in [0.25, 0.3) is 0 Å². The molecule has 0 spiro atoms. The van der Waals surface area contributed by atoms with Crippen LogP contribution < -0.4 is 0 Å². The van der Waals surface area contributed by atoms with Crippen molar-refractivity contribution in [3.05, 3.63) is 24.5 Å². The zero-order valence-corrected chi connectivity index (χ0v) is 8.11. The largest absolute Gasteiger partial charge is 0.496 e. The van der Waals surface area contributed by atoms with Gasteiger partial charge in [-0.2, -0.15) is 0 Å². The first-order chi connectivity index (χ1) is 6.67. The van der Waals surface area contributed by atoms with Crippen molar-refractivity contribution in [3.8, 4) is 0 Å². The average Bonchev–Trinajstić information content (AvgIpc) is 2.22. The van der Waals surface area contributed by atoms with E-state index in [0.717, 1.165) is 20.5 Å². The zero-order chi connectivity index (χ0) is 11.0. The van der Waals surface area contributed by atoms with E-state index < -0.39 is 11.9 Å². The van der Waals surface area contributed by atoms with Crippen LogP contribution in [0.4, 0.5) is 0 Å². The van der Waals surface area contributed by atoms with E-state index in [9.17, 15) is 9.59 Å². The number of hydrogen-bond donors (Lipinski definition) is 0. The van der Waals surface area contributed by atoms with Crippen molar-refractivity contribution in [2.45, 2.75) is 0 Å². The lowest BCUT2D eigenvalue weighted by Crippen LogP contribution is -2.16. The highest BCUT2D eigenvalue weighted by Crippen LogP contribution is 2.00. The van der Waals surface area contributed by atoms with E-state index in [1.807, 2.05) is 0 Å². The van der Waals surface area contributed by atoms with Crippen LogP contribution >= 0.6 is 0 Å². The predicted molar refractivity (Wildman–Crippen MR) is 48.3 cm³/mol. The van der Waals surface area contributed by atoms with Crippen LogP contribution in [0.1, 0.15) is 0 Å². The quantitative estimate of drug-likeness (QED) is 0.122. The number of rotatable bonds is 5. The highest BCUT2D eigenvalue weighted by molar-refractivity contribution is 6.13. The molecule has 0 aromatic carbocycles. The Morgan fingerprint density at radius 3 is 2.07 bits per heavy atom. The lowest BCUT2D eigenvalue weighted by Gasteiger charge is -2.03. The second-order valence-electron chi connectivity index (χ2n) is 2.14. The van der Waals surface area contributed by atoms with E-state index in [0.29, 0.717) is 0 Å². The minimum atomic E-state index is -0.805. The number of carbonyl (C=O) groups excluding carboxylic acids is 2. The highest BCUT2D eigenvalue weighted by atomic mass is 16.5. The van der Waals surface area contributed by atoms with Gasteiger partial charge in [0.05, 0.1) is 14.2 Å².